The van der Waals surface area contributed by atoms with E-state index in [1.54, 1.807) is 24.1 Å². The lowest BCUT2D eigenvalue weighted by Crippen LogP contribution is -2.44. The molecule has 2 aromatic rings. The van der Waals surface area contributed by atoms with Crippen LogP contribution in [-0.2, 0) is 16.6 Å². The fourth-order valence-corrected chi connectivity index (χ4v) is 4.07. The molecule has 1 aliphatic heterocycles. The van der Waals surface area contributed by atoms with Crippen LogP contribution < -0.4 is 10.9 Å². The van der Waals surface area contributed by atoms with Crippen LogP contribution in [0.1, 0.15) is 23.3 Å². The van der Waals surface area contributed by atoms with Gasteiger partial charge >= 0.3 is 0 Å². The minimum Gasteiger partial charge on any atom is -0.375 e. The molecule has 2 aliphatic rings. The van der Waals surface area contributed by atoms with Crippen molar-refractivity contribution in [2.45, 2.75) is 18.9 Å². The van der Waals surface area contributed by atoms with E-state index in [9.17, 15) is 14.4 Å². The number of nitrogens with zero attached hydrogens (tertiary/aromatic N) is 3. The Morgan fingerprint density at radius 1 is 1.25 bits per heavy atom. The molecule has 1 aliphatic carbocycles. The Labute approximate surface area is 162 Å². The van der Waals surface area contributed by atoms with Crippen molar-refractivity contribution in [2.75, 3.05) is 26.8 Å². The van der Waals surface area contributed by atoms with Crippen LogP contribution in [0.3, 0.4) is 0 Å². The highest BCUT2D eigenvalue weighted by Gasteiger charge is 2.44. The molecule has 8 nitrogen and oxygen atoms in total. The Balaban J connectivity index is 1.57. The Bertz CT molecular complexity index is 982. The van der Waals surface area contributed by atoms with E-state index in [2.05, 4.69) is 10.3 Å². The number of likely N-dealkylation sites (tertiary alicyclic amines) is 1. The summed E-state index contributed by atoms with van der Waals surface area (Å²) >= 11 is 0. The topological polar surface area (TPSA) is 93.5 Å². The number of carbonyl (C=O) groups excluding carboxylic acids is 2. The molecule has 1 aromatic carbocycles. The second-order valence-corrected chi connectivity index (χ2v) is 7.63. The zero-order chi connectivity index (χ0) is 19.8. The first-order valence-electron chi connectivity index (χ1n) is 9.53. The van der Waals surface area contributed by atoms with E-state index in [4.69, 9.17) is 4.74 Å². The number of ether oxygens (including phenoxy) is 1. The van der Waals surface area contributed by atoms with Gasteiger partial charge in [-0.2, -0.15) is 0 Å². The third kappa shape index (κ3) is 3.40. The molecule has 2 amide bonds. The van der Waals surface area contributed by atoms with Gasteiger partial charge in [-0.3, -0.25) is 14.4 Å². The number of amides is 2. The highest BCUT2D eigenvalue weighted by Crippen LogP contribution is 2.41. The van der Waals surface area contributed by atoms with Crippen LogP contribution in [0.5, 0.6) is 0 Å². The lowest BCUT2D eigenvalue weighted by Gasteiger charge is -2.19. The Morgan fingerprint density at radius 3 is 2.71 bits per heavy atom. The third-order valence-corrected chi connectivity index (χ3v) is 5.73. The smallest absolute Gasteiger partial charge is 0.282 e. The molecule has 2 heterocycles. The van der Waals surface area contributed by atoms with Crippen molar-refractivity contribution < 1.29 is 14.3 Å². The van der Waals surface area contributed by atoms with E-state index >= 15 is 0 Å². The number of methoxy groups -OCH3 is 1. The van der Waals surface area contributed by atoms with Crippen molar-refractivity contribution >= 4 is 22.8 Å². The average Bonchev–Trinajstić information content (AvgIpc) is 3.45. The summed E-state index contributed by atoms with van der Waals surface area (Å²) in [5, 5.41) is 2.98. The average molecular weight is 384 g/mol. The fraction of sp³-hybridized carbons (Fsp3) is 0.500. The molecule has 148 valence electrons. The second kappa shape index (κ2) is 7.35. The van der Waals surface area contributed by atoms with Crippen LogP contribution >= 0.6 is 0 Å². The van der Waals surface area contributed by atoms with Gasteiger partial charge < -0.3 is 19.5 Å². The molecule has 2 atom stereocenters. The van der Waals surface area contributed by atoms with Crippen LogP contribution in [0.4, 0.5) is 0 Å². The predicted molar refractivity (Wildman–Crippen MR) is 103 cm³/mol. The first-order chi connectivity index (χ1) is 13.5. The van der Waals surface area contributed by atoms with Gasteiger partial charge in [-0.25, -0.2) is 4.98 Å². The van der Waals surface area contributed by atoms with Crippen molar-refractivity contribution in [3.05, 3.63) is 40.3 Å². The SMILES string of the molecule is COCC(=O)N1CC(NC(=O)c2nc3ccccc3n(C)c2=O)C(C2CC2)C1. The molecular formula is C20H24N4O4. The maximum Gasteiger partial charge on any atom is 0.282 e. The summed E-state index contributed by atoms with van der Waals surface area (Å²) in [5.41, 5.74) is 0.732. The molecule has 1 saturated carbocycles. The van der Waals surface area contributed by atoms with Crippen molar-refractivity contribution in [1.82, 2.24) is 19.8 Å². The van der Waals surface area contributed by atoms with Gasteiger partial charge in [0.2, 0.25) is 5.91 Å². The van der Waals surface area contributed by atoms with Gasteiger partial charge in [-0.1, -0.05) is 12.1 Å². The van der Waals surface area contributed by atoms with E-state index in [-0.39, 0.29) is 30.2 Å². The molecule has 28 heavy (non-hydrogen) atoms. The van der Waals surface area contributed by atoms with E-state index in [0.29, 0.717) is 30.0 Å². The maximum atomic E-state index is 12.9. The lowest BCUT2D eigenvalue weighted by atomic mass is 9.98. The number of aromatic nitrogens is 2. The fourth-order valence-electron chi connectivity index (χ4n) is 4.07. The molecule has 0 bridgehead atoms. The van der Waals surface area contributed by atoms with Gasteiger partial charge in [0.25, 0.3) is 11.5 Å². The van der Waals surface area contributed by atoms with Gasteiger partial charge in [-0.15, -0.1) is 0 Å². The van der Waals surface area contributed by atoms with Crippen molar-refractivity contribution in [2.24, 2.45) is 18.9 Å². The number of benzene rings is 1. The number of hydrogen-bond acceptors (Lipinski definition) is 5. The van der Waals surface area contributed by atoms with Gasteiger partial charge in [0, 0.05) is 33.2 Å². The van der Waals surface area contributed by atoms with Crippen molar-refractivity contribution in [3.63, 3.8) is 0 Å². The van der Waals surface area contributed by atoms with Crippen molar-refractivity contribution in [3.8, 4) is 0 Å². The predicted octanol–water partition coefficient (Wildman–Crippen LogP) is 0.547. The summed E-state index contributed by atoms with van der Waals surface area (Å²) < 4.78 is 6.39. The Morgan fingerprint density at radius 2 is 2.00 bits per heavy atom. The highest BCUT2D eigenvalue weighted by molar-refractivity contribution is 5.94. The van der Waals surface area contributed by atoms with Gasteiger partial charge in [-0.05, 0) is 30.9 Å². The zero-order valence-electron chi connectivity index (χ0n) is 16.1. The van der Waals surface area contributed by atoms with Crippen LogP contribution in [0.25, 0.3) is 11.0 Å². The maximum absolute atomic E-state index is 12.9. The van der Waals surface area contributed by atoms with Crippen LogP contribution in [0.2, 0.25) is 0 Å². The third-order valence-electron chi connectivity index (χ3n) is 5.73. The van der Waals surface area contributed by atoms with E-state index in [0.717, 1.165) is 12.8 Å². The standard InChI is InChI=1S/C20H24N4O4/c1-23-16-6-4-3-5-14(16)21-18(20(23)27)19(26)22-15-10-24(17(25)11-28-2)9-13(15)12-7-8-12/h3-6,12-13,15H,7-11H2,1-2H3,(H,22,26). The number of carbonyl (C=O) groups is 2. The van der Waals surface area contributed by atoms with Gasteiger partial charge in [0.1, 0.15) is 6.61 Å². The summed E-state index contributed by atoms with van der Waals surface area (Å²) in [7, 11) is 3.13. The molecule has 0 spiro atoms. The molecule has 1 N–H and O–H groups in total. The minimum atomic E-state index is -0.483. The summed E-state index contributed by atoms with van der Waals surface area (Å²) in [6, 6.07) is 7.04. The monoisotopic (exact) mass is 384 g/mol. The normalized spacial score (nSPS) is 21.9. The summed E-state index contributed by atoms with van der Waals surface area (Å²) in [4.78, 5) is 43.8. The van der Waals surface area contributed by atoms with E-state index < -0.39 is 11.5 Å². The molecule has 8 heteroatoms. The first-order valence-corrected chi connectivity index (χ1v) is 9.53. The largest absolute Gasteiger partial charge is 0.375 e. The molecule has 0 radical (unpaired) electrons. The van der Waals surface area contributed by atoms with Crippen molar-refractivity contribution in [1.29, 1.82) is 0 Å². The van der Waals surface area contributed by atoms with E-state index in [1.807, 2.05) is 12.1 Å². The zero-order valence-corrected chi connectivity index (χ0v) is 16.1. The molecule has 2 fully saturated rings. The Hall–Kier alpha value is -2.74. The number of hydrogen-bond donors (Lipinski definition) is 1. The van der Waals surface area contributed by atoms with E-state index in [1.165, 1.54) is 11.7 Å². The summed E-state index contributed by atoms with van der Waals surface area (Å²) in [6.07, 6.45) is 2.22. The lowest BCUT2D eigenvalue weighted by molar-refractivity contribution is -0.134. The number of fused-ring (bicyclic) bond motifs is 1. The molecule has 2 unspecified atom stereocenters. The number of aryl methyl sites for hydroxylation is 1. The summed E-state index contributed by atoms with van der Waals surface area (Å²) in [6.45, 7) is 1.08. The van der Waals surface area contributed by atoms with Gasteiger partial charge in [0.05, 0.1) is 17.1 Å². The number of para-hydroxylation sites is 2. The first kappa shape index (κ1) is 18.6. The molecule has 1 aromatic heterocycles. The van der Waals surface area contributed by atoms with Gasteiger partial charge in [0.15, 0.2) is 5.69 Å². The van der Waals surface area contributed by atoms with Crippen LogP contribution in [0.15, 0.2) is 29.1 Å². The van der Waals surface area contributed by atoms with Crippen LogP contribution in [-0.4, -0.2) is 59.1 Å². The highest BCUT2D eigenvalue weighted by atomic mass is 16.5. The quantitative estimate of drug-likeness (QED) is 0.812. The number of nitrogens with one attached hydrogen (secondary N) is 1. The number of rotatable bonds is 5. The minimum absolute atomic E-state index is 0.0326. The Kier molecular flexibility index (Phi) is 4.89. The molecular weight excluding hydrogens is 360 g/mol. The molecule has 1 saturated heterocycles. The molecule has 4 rings (SSSR count). The van der Waals surface area contributed by atoms with Crippen LogP contribution in [0, 0.1) is 11.8 Å². The second-order valence-electron chi connectivity index (χ2n) is 7.63. The summed E-state index contributed by atoms with van der Waals surface area (Å²) in [5.74, 6) is 0.153.